The third-order valence-electron chi connectivity index (χ3n) is 2.87. The molecule has 1 aliphatic rings. The number of nitrogens with zero attached hydrogens (tertiary/aromatic N) is 1. The van der Waals surface area contributed by atoms with Crippen LogP contribution in [0.15, 0.2) is 0 Å². The van der Waals surface area contributed by atoms with Crippen LogP contribution in [-0.4, -0.2) is 30.4 Å². The van der Waals surface area contributed by atoms with Gasteiger partial charge < -0.3 is 9.57 Å². The van der Waals surface area contributed by atoms with Gasteiger partial charge >= 0.3 is 6.16 Å². The average molecular weight is 229 g/mol. The lowest BCUT2D eigenvalue weighted by Crippen LogP contribution is -2.27. The van der Waals surface area contributed by atoms with E-state index < -0.39 is 6.16 Å². The fourth-order valence-electron chi connectivity index (χ4n) is 1.82. The highest BCUT2D eigenvalue weighted by molar-refractivity contribution is 5.59. The molecule has 1 unspecified atom stereocenters. The third kappa shape index (κ3) is 4.84. The molecule has 94 valence electrons. The topological polar surface area (TPSA) is 38.8 Å². The van der Waals surface area contributed by atoms with E-state index in [4.69, 9.17) is 9.57 Å². The molecule has 0 radical (unpaired) electrons. The van der Waals surface area contributed by atoms with E-state index in [9.17, 15) is 4.79 Å². The Morgan fingerprint density at radius 2 is 2.00 bits per heavy atom. The van der Waals surface area contributed by atoms with Crippen LogP contribution in [0.4, 0.5) is 4.79 Å². The van der Waals surface area contributed by atoms with Gasteiger partial charge in [-0.3, -0.25) is 0 Å². The van der Waals surface area contributed by atoms with Crippen molar-refractivity contribution in [3.05, 3.63) is 0 Å². The average Bonchev–Trinajstić information content (AvgIpc) is 2.76. The fourth-order valence-corrected chi connectivity index (χ4v) is 1.82. The zero-order valence-corrected chi connectivity index (χ0v) is 10.4. The molecule has 1 aliphatic heterocycles. The van der Waals surface area contributed by atoms with Crippen LogP contribution in [-0.2, 0) is 9.57 Å². The van der Waals surface area contributed by atoms with Crippen LogP contribution in [0.1, 0.15) is 52.4 Å². The second kappa shape index (κ2) is 7.49. The van der Waals surface area contributed by atoms with Gasteiger partial charge in [0.1, 0.15) is 6.10 Å². The first-order valence-electron chi connectivity index (χ1n) is 6.39. The number of unbranched alkanes of at least 4 members (excludes halogenated alkanes) is 1. The molecule has 0 spiro atoms. The highest BCUT2D eigenvalue weighted by atomic mass is 16.8. The van der Waals surface area contributed by atoms with Crippen LogP contribution >= 0.6 is 0 Å². The molecule has 0 bridgehead atoms. The van der Waals surface area contributed by atoms with E-state index in [0.29, 0.717) is 0 Å². The molecular weight excluding hydrogens is 206 g/mol. The minimum Gasteiger partial charge on any atom is -0.430 e. The third-order valence-corrected chi connectivity index (χ3v) is 2.87. The summed E-state index contributed by atoms with van der Waals surface area (Å²) in [5.41, 5.74) is 0. The van der Waals surface area contributed by atoms with Crippen molar-refractivity contribution in [2.75, 3.05) is 13.1 Å². The molecule has 0 aliphatic carbocycles. The lowest BCUT2D eigenvalue weighted by molar-refractivity contribution is -0.121. The van der Waals surface area contributed by atoms with E-state index in [-0.39, 0.29) is 6.10 Å². The Kier molecular flexibility index (Phi) is 6.23. The summed E-state index contributed by atoms with van der Waals surface area (Å²) in [5, 5.41) is 1.69. The number of carbonyl (C=O) groups is 1. The van der Waals surface area contributed by atoms with Gasteiger partial charge in [-0.25, -0.2) is 4.79 Å². The van der Waals surface area contributed by atoms with Gasteiger partial charge in [-0.2, -0.15) is 0 Å². The molecule has 0 N–H and O–H groups in total. The molecule has 1 rings (SSSR count). The number of hydrogen-bond acceptors (Lipinski definition) is 4. The smallest absolute Gasteiger partial charge is 0.430 e. The molecule has 1 fully saturated rings. The van der Waals surface area contributed by atoms with E-state index >= 15 is 0 Å². The SMILES string of the molecule is CCCCC(CC)OC(=O)ON1CCCC1. The molecule has 0 saturated carbocycles. The normalized spacial score (nSPS) is 18.4. The van der Waals surface area contributed by atoms with Gasteiger partial charge in [-0.1, -0.05) is 26.7 Å². The van der Waals surface area contributed by atoms with E-state index in [2.05, 4.69) is 6.92 Å². The zero-order valence-electron chi connectivity index (χ0n) is 10.4. The first kappa shape index (κ1) is 13.3. The number of carbonyl (C=O) groups excluding carboxylic acids is 1. The lowest BCUT2D eigenvalue weighted by Gasteiger charge is -2.18. The predicted molar refractivity (Wildman–Crippen MR) is 62.0 cm³/mol. The highest BCUT2D eigenvalue weighted by Crippen LogP contribution is 2.12. The van der Waals surface area contributed by atoms with Crippen LogP contribution in [0.5, 0.6) is 0 Å². The Bertz CT molecular complexity index is 202. The molecule has 1 saturated heterocycles. The Hall–Kier alpha value is -0.770. The van der Waals surface area contributed by atoms with Crippen molar-refractivity contribution in [1.82, 2.24) is 5.06 Å². The highest BCUT2D eigenvalue weighted by Gasteiger charge is 2.19. The minimum atomic E-state index is -0.537. The summed E-state index contributed by atoms with van der Waals surface area (Å²) >= 11 is 0. The number of ether oxygens (including phenoxy) is 1. The predicted octanol–water partition coefficient (Wildman–Crippen LogP) is 3.12. The van der Waals surface area contributed by atoms with Gasteiger partial charge in [-0.15, -0.1) is 5.06 Å². The quantitative estimate of drug-likeness (QED) is 0.656. The van der Waals surface area contributed by atoms with Crippen LogP contribution in [0.3, 0.4) is 0 Å². The minimum absolute atomic E-state index is 0.00931. The molecule has 0 amide bonds. The van der Waals surface area contributed by atoms with Gasteiger partial charge in [0.2, 0.25) is 0 Å². The maximum absolute atomic E-state index is 11.4. The summed E-state index contributed by atoms with van der Waals surface area (Å²) in [7, 11) is 0. The monoisotopic (exact) mass is 229 g/mol. The van der Waals surface area contributed by atoms with Gasteiger partial charge in [0, 0.05) is 13.1 Å². The fraction of sp³-hybridized carbons (Fsp3) is 0.917. The lowest BCUT2D eigenvalue weighted by atomic mass is 10.1. The van der Waals surface area contributed by atoms with Gasteiger partial charge in [-0.05, 0) is 25.7 Å². The Morgan fingerprint density at radius 1 is 1.31 bits per heavy atom. The van der Waals surface area contributed by atoms with Crippen LogP contribution in [0.25, 0.3) is 0 Å². The molecule has 16 heavy (non-hydrogen) atoms. The summed E-state index contributed by atoms with van der Waals surface area (Å²) < 4.78 is 5.26. The summed E-state index contributed by atoms with van der Waals surface area (Å²) in [5.74, 6) is 0. The van der Waals surface area contributed by atoms with Gasteiger partial charge in [0.05, 0.1) is 0 Å². The van der Waals surface area contributed by atoms with Crippen LogP contribution in [0.2, 0.25) is 0 Å². The largest absolute Gasteiger partial charge is 0.528 e. The Labute approximate surface area is 97.9 Å². The molecular formula is C12H23NO3. The van der Waals surface area contributed by atoms with Crippen molar-refractivity contribution in [3.63, 3.8) is 0 Å². The number of hydroxylamine groups is 2. The van der Waals surface area contributed by atoms with Crippen molar-refractivity contribution < 1.29 is 14.4 Å². The molecule has 1 heterocycles. The van der Waals surface area contributed by atoms with E-state index in [1.54, 1.807) is 5.06 Å². The van der Waals surface area contributed by atoms with Crippen molar-refractivity contribution in [3.8, 4) is 0 Å². The van der Waals surface area contributed by atoms with Crippen molar-refractivity contribution in [1.29, 1.82) is 0 Å². The molecule has 4 nitrogen and oxygen atoms in total. The van der Waals surface area contributed by atoms with Crippen molar-refractivity contribution in [2.24, 2.45) is 0 Å². The zero-order chi connectivity index (χ0) is 11.8. The molecule has 0 aromatic carbocycles. The maximum atomic E-state index is 11.4. The van der Waals surface area contributed by atoms with E-state index in [1.165, 1.54) is 0 Å². The summed E-state index contributed by atoms with van der Waals surface area (Å²) in [4.78, 5) is 16.5. The second-order valence-electron chi connectivity index (χ2n) is 4.27. The molecule has 0 aromatic heterocycles. The number of rotatable bonds is 6. The Morgan fingerprint density at radius 3 is 2.56 bits per heavy atom. The summed E-state index contributed by atoms with van der Waals surface area (Å²) in [6, 6.07) is 0. The first-order valence-corrected chi connectivity index (χ1v) is 6.39. The molecule has 4 heteroatoms. The summed E-state index contributed by atoms with van der Waals surface area (Å²) in [6.45, 7) is 5.83. The van der Waals surface area contributed by atoms with Crippen LogP contribution < -0.4 is 0 Å². The van der Waals surface area contributed by atoms with Gasteiger partial charge in [0.15, 0.2) is 0 Å². The molecule has 1 atom stereocenters. The van der Waals surface area contributed by atoms with Crippen molar-refractivity contribution in [2.45, 2.75) is 58.5 Å². The standard InChI is InChI=1S/C12H23NO3/c1-3-5-8-11(4-2)15-12(14)16-13-9-6-7-10-13/h11H,3-10H2,1-2H3. The maximum Gasteiger partial charge on any atom is 0.528 e. The van der Waals surface area contributed by atoms with Crippen molar-refractivity contribution >= 4 is 6.16 Å². The van der Waals surface area contributed by atoms with E-state index in [0.717, 1.165) is 51.6 Å². The second-order valence-corrected chi connectivity index (χ2v) is 4.27. The summed E-state index contributed by atoms with van der Waals surface area (Å²) in [6.07, 6.45) is 5.67. The Balaban J connectivity index is 2.19. The van der Waals surface area contributed by atoms with E-state index in [1.807, 2.05) is 6.92 Å². The van der Waals surface area contributed by atoms with Crippen LogP contribution in [0, 0.1) is 0 Å². The molecule has 0 aromatic rings. The number of hydrogen-bond donors (Lipinski definition) is 0. The first-order chi connectivity index (χ1) is 7.76. The van der Waals surface area contributed by atoms with Gasteiger partial charge in [0.25, 0.3) is 0 Å².